The van der Waals surface area contributed by atoms with E-state index >= 15 is 0 Å². The van der Waals surface area contributed by atoms with Crippen LogP contribution in [0.5, 0.6) is 5.75 Å². The minimum absolute atomic E-state index is 0.186. The lowest BCUT2D eigenvalue weighted by molar-refractivity contribution is -0.136. The molecule has 20 heavy (non-hydrogen) atoms. The number of aromatic nitrogens is 3. The maximum Gasteiger partial charge on any atom is 0.316 e. The third-order valence-corrected chi connectivity index (χ3v) is 3.86. The van der Waals surface area contributed by atoms with Gasteiger partial charge in [-0.1, -0.05) is 11.8 Å². The number of nitrogens with zero attached hydrogens (tertiary/aromatic N) is 3. The van der Waals surface area contributed by atoms with Crippen molar-refractivity contribution in [3.8, 4) is 17.1 Å². The van der Waals surface area contributed by atoms with E-state index in [1.54, 1.807) is 31.2 Å². The maximum atomic E-state index is 10.9. The van der Waals surface area contributed by atoms with Crippen LogP contribution in [0.15, 0.2) is 29.4 Å². The van der Waals surface area contributed by atoms with E-state index in [4.69, 9.17) is 5.11 Å². The van der Waals surface area contributed by atoms with Crippen LogP contribution in [-0.4, -0.2) is 36.2 Å². The van der Waals surface area contributed by atoms with Gasteiger partial charge in [0.2, 0.25) is 0 Å². The number of hydrogen-bond acceptors (Lipinski definition) is 5. The van der Waals surface area contributed by atoms with E-state index in [0.29, 0.717) is 17.5 Å². The number of thioether (sulfide) groups is 1. The van der Waals surface area contributed by atoms with Gasteiger partial charge in [0.1, 0.15) is 11.0 Å². The van der Waals surface area contributed by atoms with Crippen LogP contribution >= 0.6 is 11.8 Å². The number of benzene rings is 1. The fourth-order valence-electron chi connectivity index (χ4n) is 1.69. The Morgan fingerprint density at radius 2 is 2.00 bits per heavy atom. The van der Waals surface area contributed by atoms with Crippen LogP contribution in [0.2, 0.25) is 0 Å². The zero-order valence-electron chi connectivity index (χ0n) is 11.1. The van der Waals surface area contributed by atoms with Crippen LogP contribution in [0.4, 0.5) is 0 Å². The highest BCUT2D eigenvalue weighted by Gasteiger charge is 2.19. The summed E-state index contributed by atoms with van der Waals surface area (Å²) in [6, 6.07) is 6.66. The van der Waals surface area contributed by atoms with Crippen molar-refractivity contribution in [2.45, 2.75) is 30.8 Å². The van der Waals surface area contributed by atoms with Gasteiger partial charge in [0.15, 0.2) is 11.0 Å². The van der Waals surface area contributed by atoms with Crippen molar-refractivity contribution in [3.05, 3.63) is 24.3 Å². The van der Waals surface area contributed by atoms with E-state index in [1.807, 2.05) is 11.5 Å². The summed E-state index contributed by atoms with van der Waals surface area (Å²) in [5, 5.41) is 26.4. The summed E-state index contributed by atoms with van der Waals surface area (Å²) < 4.78 is 1.86. The summed E-state index contributed by atoms with van der Waals surface area (Å²) in [4.78, 5) is 10.9. The van der Waals surface area contributed by atoms with Crippen molar-refractivity contribution < 1.29 is 15.0 Å². The zero-order chi connectivity index (χ0) is 14.7. The number of carbonyl (C=O) groups is 1. The number of aromatic hydroxyl groups is 1. The Labute approximate surface area is 120 Å². The number of rotatable bonds is 5. The fourth-order valence-corrected chi connectivity index (χ4v) is 2.54. The Morgan fingerprint density at radius 3 is 2.55 bits per heavy atom. The number of phenolic OH excluding ortho intramolecular Hbond substituents is 1. The lowest BCUT2D eigenvalue weighted by Crippen LogP contribution is -2.13. The Hall–Kier alpha value is -2.02. The molecule has 0 saturated heterocycles. The van der Waals surface area contributed by atoms with Gasteiger partial charge in [0.05, 0.1) is 0 Å². The molecular weight excluding hydrogens is 278 g/mol. The first kappa shape index (κ1) is 14.4. The van der Waals surface area contributed by atoms with E-state index in [2.05, 4.69) is 10.2 Å². The topological polar surface area (TPSA) is 88.2 Å². The Morgan fingerprint density at radius 1 is 1.35 bits per heavy atom. The summed E-state index contributed by atoms with van der Waals surface area (Å²) >= 11 is 1.16. The molecule has 0 unspecified atom stereocenters. The molecule has 6 nitrogen and oxygen atoms in total. The summed E-state index contributed by atoms with van der Waals surface area (Å²) in [6.07, 6.45) is 0. The highest BCUT2D eigenvalue weighted by atomic mass is 32.2. The average Bonchev–Trinajstić information content (AvgIpc) is 2.82. The first-order valence-corrected chi connectivity index (χ1v) is 7.03. The smallest absolute Gasteiger partial charge is 0.316 e. The largest absolute Gasteiger partial charge is 0.508 e. The van der Waals surface area contributed by atoms with E-state index in [9.17, 15) is 9.90 Å². The van der Waals surface area contributed by atoms with Gasteiger partial charge in [0.25, 0.3) is 0 Å². The number of phenols is 1. The average molecular weight is 293 g/mol. The molecule has 2 aromatic rings. The monoisotopic (exact) mass is 293 g/mol. The molecule has 7 heteroatoms. The number of aliphatic carboxylic acids is 1. The summed E-state index contributed by atoms with van der Waals surface area (Å²) in [5.41, 5.74) is 0.826. The van der Waals surface area contributed by atoms with Gasteiger partial charge in [-0.05, 0) is 38.1 Å². The molecule has 2 N–H and O–H groups in total. The van der Waals surface area contributed by atoms with Gasteiger partial charge < -0.3 is 14.8 Å². The predicted molar refractivity (Wildman–Crippen MR) is 75.8 cm³/mol. The predicted octanol–water partition coefficient (Wildman–Crippen LogP) is 2.24. The van der Waals surface area contributed by atoms with E-state index in [0.717, 1.165) is 17.3 Å². The number of carboxylic acids is 1. The first-order valence-electron chi connectivity index (χ1n) is 6.15. The Bertz CT molecular complexity index is 610. The van der Waals surface area contributed by atoms with Gasteiger partial charge in [-0.3, -0.25) is 4.79 Å². The zero-order valence-corrected chi connectivity index (χ0v) is 12.0. The molecule has 0 radical (unpaired) electrons. The van der Waals surface area contributed by atoms with Crippen molar-refractivity contribution in [2.24, 2.45) is 0 Å². The van der Waals surface area contributed by atoms with Gasteiger partial charge in [-0.15, -0.1) is 10.2 Å². The van der Waals surface area contributed by atoms with E-state index in [-0.39, 0.29) is 5.75 Å². The lowest BCUT2D eigenvalue weighted by Gasteiger charge is -2.09. The van der Waals surface area contributed by atoms with E-state index in [1.165, 1.54) is 0 Å². The van der Waals surface area contributed by atoms with Gasteiger partial charge in [-0.2, -0.15) is 0 Å². The third kappa shape index (κ3) is 2.93. The molecule has 1 heterocycles. The fraction of sp³-hybridized carbons (Fsp3) is 0.308. The molecule has 2 rings (SSSR count). The molecule has 1 atom stereocenters. The van der Waals surface area contributed by atoms with Crippen LogP contribution in [0.3, 0.4) is 0 Å². The third-order valence-electron chi connectivity index (χ3n) is 2.79. The quantitative estimate of drug-likeness (QED) is 0.822. The molecule has 0 amide bonds. The lowest BCUT2D eigenvalue weighted by atomic mass is 10.2. The summed E-state index contributed by atoms with van der Waals surface area (Å²) in [5.74, 6) is -0.0372. The van der Waals surface area contributed by atoms with Crippen LogP contribution in [0, 0.1) is 0 Å². The molecule has 0 aliphatic carbocycles. The van der Waals surface area contributed by atoms with Crippen LogP contribution < -0.4 is 0 Å². The first-order chi connectivity index (χ1) is 9.52. The molecular formula is C13H15N3O3S. The molecule has 1 aromatic heterocycles. The summed E-state index contributed by atoms with van der Waals surface area (Å²) in [7, 11) is 0. The molecule has 0 aliphatic heterocycles. The minimum atomic E-state index is -0.883. The number of hydrogen-bond donors (Lipinski definition) is 2. The van der Waals surface area contributed by atoms with Crippen molar-refractivity contribution in [3.63, 3.8) is 0 Å². The minimum Gasteiger partial charge on any atom is -0.508 e. The number of carboxylic acid groups (broad SMARTS) is 1. The molecule has 106 valence electrons. The molecule has 0 saturated carbocycles. The molecule has 0 aliphatic rings. The van der Waals surface area contributed by atoms with Gasteiger partial charge in [-0.25, -0.2) is 0 Å². The van der Waals surface area contributed by atoms with Crippen molar-refractivity contribution >= 4 is 17.7 Å². The van der Waals surface area contributed by atoms with Crippen molar-refractivity contribution in [1.82, 2.24) is 14.8 Å². The van der Waals surface area contributed by atoms with Crippen molar-refractivity contribution in [2.75, 3.05) is 0 Å². The second-order valence-corrected chi connectivity index (χ2v) is 5.50. The maximum absolute atomic E-state index is 10.9. The Balaban J connectivity index is 2.34. The van der Waals surface area contributed by atoms with Crippen LogP contribution in [0.1, 0.15) is 13.8 Å². The highest BCUT2D eigenvalue weighted by molar-refractivity contribution is 8.00. The molecule has 0 bridgehead atoms. The molecule has 0 fully saturated rings. The standard InChI is InChI=1S/C13H15N3O3S/c1-3-16-11(9-4-6-10(17)7-5-9)14-15-13(16)20-8(2)12(18)19/h4-8,17H,3H2,1-2H3,(H,18,19)/t8-/m0/s1. The molecule has 1 aromatic carbocycles. The second-order valence-electron chi connectivity index (χ2n) is 4.20. The normalized spacial score (nSPS) is 12.3. The van der Waals surface area contributed by atoms with E-state index < -0.39 is 11.2 Å². The second kappa shape index (κ2) is 5.96. The van der Waals surface area contributed by atoms with Crippen molar-refractivity contribution in [1.29, 1.82) is 0 Å². The highest BCUT2D eigenvalue weighted by Crippen LogP contribution is 2.27. The Kier molecular flexibility index (Phi) is 4.29. The SMILES string of the molecule is CCn1c(S[C@@H](C)C(=O)O)nnc1-c1ccc(O)cc1. The van der Waals surface area contributed by atoms with Gasteiger partial charge >= 0.3 is 5.97 Å². The molecule has 0 spiro atoms. The summed E-state index contributed by atoms with van der Waals surface area (Å²) in [6.45, 7) is 4.20. The van der Waals surface area contributed by atoms with Gasteiger partial charge in [0, 0.05) is 12.1 Å². The van der Waals surface area contributed by atoms with Crippen LogP contribution in [0.25, 0.3) is 11.4 Å². The van der Waals surface area contributed by atoms with Crippen LogP contribution in [-0.2, 0) is 11.3 Å².